The highest BCUT2D eigenvalue weighted by atomic mass is 16.5. The molecule has 0 aromatic heterocycles. The molecule has 3 heteroatoms. The standard InChI is InChI=1S/C17H30N2O/c1-2-19-17(14-18)12-7-8-15(17)11-13-20-16-9-5-3-4-6-10-16/h15-16,19H,2-13H2,1H3. The van der Waals surface area contributed by atoms with Gasteiger partial charge in [0.1, 0.15) is 5.54 Å². The topological polar surface area (TPSA) is 45.0 Å². The van der Waals surface area contributed by atoms with Crippen LogP contribution in [0.5, 0.6) is 0 Å². The maximum absolute atomic E-state index is 9.55. The van der Waals surface area contributed by atoms with Crippen LogP contribution in [0.4, 0.5) is 0 Å². The molecule has 2 aliphatic rings. The third-order valence-electron chi connectivity index (χ3n) is 5.13. The van der Waals surface area contributed by atoms with Gasteiger partial charge in [0, 0.05) is 6.61 Å². The number of nitrogens with one attached hydrogen (secondary N) is 1. The SMILES string of the molecule is CCNC1(C#N)CCCC1CCOC1CCCCCC1. The van der Waals surface area contributed by atoms with E-state index in [4.69, 9.17) is 4.74 Å². The predicted octanol–water partition coefficient (Wildman–Crippen LogP) is 3.79. The summed E-state index contributed by atoms with van der Waals surface area (Å²) in [5.41, 5.74) is -0.276. The zero-order chi connectivity index (χ0) is 14.3. The lowest BCUT2D eigenvalue weighted by Gasteiger charge is -2.30. The van der Waals surface area contributed by atoms with Gasteiger partial charge in [-0.25, -0.2) is 0 Å². The quantitative estimate of drug-likeness (QED) is 0.752. The van der Waals surface area contributed by atoms with E-state index in [1.807, 2.05) is 0 Å². The summed E-state index contributed by atoms with van der Waals surface area (Å²) in [6.07, 6.45) is 12.8. The molecule has 2 fully saturated rings. The average molecular weight is 278 g/mol. The van der Waals surface area contributed by atoms with E-state index in [0.717, 1.165) is 26.0 Å². The summed E-state index contributed by atoms with van der Waals surface area (Å²) in [5.74, 6) is 0.471. The van der Waals surface area contributed by atoms with Crippen molar-refractivity contribution in [3.05, 3.63) is 0 Å². The van der Waals surface area contributed by atoms with Gasteiger partial charge >= 0.3 is 0 Å². The van der Waals surface area contributed by atoms with Crippen LogP contribution in [0.15, 0.2) is 0 Å². The summed E-state index contributed by atoms with van der Waals surface area (Å²) in [4.78, 5) is 0. The third kappa shape index (κ3) is 3.96. The normalized spacial score (nSPS) is 31.9. The Hall–Kier alpha value is -0.590. The number of rotatable bonds is 6. The summed E-state index contributed by atoms with van der Waals surface area (Å²) >= 11 is 0. The Kier molecular flexibility index (Phi) is 6.32. The van der Waals surface area contributed by atoms with Gasteiger partial charge in [-0.1, -0.05) is 39.0 Å². The van der Waals surface area contributed by atoms with Crippen LogP contribution in [-0.4, -0.2) is 24.8 Å². The van der Waals surface area contributed by atoms with Crippen LogP contribution in [0.2, 0.25) is 0 Å². The Balaban J connectivity index is 1.76. The van der Waals surface area contributed by atoms with Crippen molar-refractivity contribution in [3.8, 4) is 6.07 Å². The van der Waals surface area contributed by atoms with E-state index in [1.54, 1.807) is 0 Å². The van der Waals surface area contributed by atoms with E-state index in [-0.39, 0.29) is 5.54 Å². The highest BCUT2D eigenvalue weighted by Gasteiger charge is 2.42. The second-order valence-corrected chi connectivity index (χ2v) is 6.48. The molecule has 2 saturated carbocycles. The van der Waals surface area contributed by atoms with Crippen LogP contribution in [0, 0.1) is 17.2 Å². The molecule has 0 bridgehead atoms. The molecule has 3 nitrogen and oxygen atoms in total. The van der Waals surface area contributed by atoms with Crippen molar-refractivity contribution >= 4 is 0 Å². The summed E-state index contributed by atoms with van der Waals surface area (Å²) in [7, 11) is 0. The molecule has 0 saturated heterocycles. The molecule has 0 heterocycles. The molecule has 0 aliphatic heterocycles. The van der Waals surface area contributed by atoms with Crippen molar-refractivity contribution in [3.63, 3.8) is 0 Å². The Labute approximate surface area is 124 Å². The van der Waals surface area contributed by atoms with Crippen LogP contribution in [0.3, 0.4) is 0 Å². The monoisotopic (exact) mass is 278 g/mol. The molecule has 2 unspecified atom stereocenters. The van der Waals surface area contributed by atoms with Crippen molar-refractivity contribution in [1.29, 1.82) is 5.26 Å². The molecule has 0 spiro atoms. The Morgan fingerprint density at radius 2 is 1.90 bits per heavy atom. The van der Waals surface area contributed by atoms with Gasteiger partial charge in [-0.2, -0.15) is 5.26 Å². The Bertz CT molecular complexity index is 317. The van der Waals surface area contributed by atoms with Crippen LogP contribution < -0.4 is 5.32 Å². The van der Waals surface area contributed by atoms with E-state index >= 15 is 0 Å². The molecule has 20 heavy (non-hydrogen) atoms. The average Bonchev–Trinajstić information content (AvgIpc) is 2.68. The van der Waals surface area contributed by atoms with Crippen molar-refractivity contribution in [2.24, 2.45) is 5.92 Å². The molecular weight excluding hydrogens is 248 g/mol. The molecule has 1 N–H and O–H groups in total. The van der Waals surface area contributed by atoms with E-state index in [1.165, 1.54) is 51.4 Å². The predicted molar refractivity (Wildman–Crippen MR) is 81.4 cm³/mol. The molecule has 2 aliphatic carbocycles. The number of ether oxygens (including phenoxy) is 1. The lowest BCUT2D eigenvalue weighted by Crippen LogP contribution is -2.47. The fraction of sp³-hybridized carbons (Fsp3) is 0.941. The molecule has 2 atom stereocenters. The number of nitriles is 1. The van der Waals surface area contributed by atoms with Crippen LogP contribution in [-0.2, 0) is 4.74 Å². The van der Waals surface area contributed by atoms with Gasteiger partial charge in [-0.15, -0.1) is 0 Å². The molecule has 2 rings (SSSR count). The number of nitrogens with zero attached hydrogens (tertiary/aromatic N) is 1. The van der Waals surface area contributed by atoms with Gasteiger partial charge < -0.3 is 4.74 Å². The van der Waals surface area contributed by atoms with Crippen LogP contribution in [0.1, 0.15) is 71.1 Å². The van der Waals surface area contributed by atoms with E-state index in [0.29, 0.717) is 12.0 Å². The van der Waals surface area contributed by atoms with Crippen molar-refractivity contribution in [2.75, 3.05) is 13.2 Å². The summed E-state index contributed by atoms with van der Waals surface area (Å²) in [6.45, 7) is 3.81. The van der Waals surface area contributed by atoms with Crippen LogP contribution in [0.25, 0.3) is 0 Å². The summed E-state index contributed by atoms with van der Waals surface area (Å²) < 4.78 is 6.10. The van der Waals surface area contributed by atoms with Crippen LogP contribution >= 0.6 is 0 Å². The minimum absolute atomic E-state index is 0.276. The number of hydrogen-bond donors (Lipinski definition) is 1. The highest BCUT2D eigenvalue weighted by Crippen LogP contribution is 2.37. The van der Waals surface area contributed by atoms with Crippen molar-refractivity contribution in [2.45, 2.75) is 82.8 Å². The first kappa shape index (κ1) is 15.8. The van der Waals surface area contributed by atoms with Crippen molar-refractivity contribution in [1.82, 2.24) is 5.32 Å². The second-order valence-electron chi connectivity index (χ2n) is 6.48. The first-order chi connectivity index (χ1) is 9.80. The lowest BCUT2D eigenvalue weighted by molar-refractivity contribution is 0.0316. The fourth-order valence-electron chi connectivity index (χ4n) is 3.99. The molecular formula is C17H30N2O. The third-order valence-corrected chi connectivity index (χ3v) is 5.13. The highest BCUT2D eigenvalue weighted by molar-refractivity contribution is 5.13. The molecule has 114 valence electrons. The zero-order valence-corrected chi connectivity index (χ0v) is 13.0. The van der Waals surface area contributed by atoms with Gasteiger partial charge in [-0.05, 0) is 44.6 Å². The van der Waals surface area contributed by atoms with Gasteiger partial charge in [0.15, 0.2) is 0 Å². The van der Waals surface area contributed by atoms with E-state index in [9.17, 15) is 5.26 Å². The summed E-state index contributed by atoms with van der Waals surface area (Å²) in [5, 5.41) is 13.0. The molecule has 0 amide bonds. The molecule has 0 radical (unpaired) electrons. The zero-order valence-electron chi connectivity index (χ0n) is 13.0. The maximum atomic E-state index is 9.55. The molecule has 0 aromatic carbocycles. The molecule has 0 aromatic rings. The largest absolute Gasteiger partial charge is 0.378 e. The number of hydrogen-bond acceptors (Lipinski definition) is 3. The smallest absolute Gasteiger partial charge is 0.109 e. The minimum Gasteiger partial charge on any atom is -0.378 e. The van der Waals surface area contributed by atoms with Gasteiger partial charge in [0.25, 0.3) is 0 Å². The summed E-state index contributed by atoms with van der Waals surface area (Å²) in [6, 6.07) is 2.56. The van der Waals surface area contributed by atoms with Gasteiger partial charge in [-0.3, -0.25) is 5.32 Å². The fourth-order valence-corrected chi connectivity index (χ4v) is 3.99. The Morgan fingerprint density at radius 1 is 1.15 bits per heavy atom. The van der Waals surface area contributed by atoms with Gasteiger partial charge in [0.05, 0.1) is 12.2 Å². The van der Waals surface area contributed by atoms with E-state index in [2.05, 4.69) is 18.3 Å². The first-order valence-electron chi connectivity index (χ1n) is 8.58. The van der Waals surface area contributed by atoms with E-state index < -0.39 is 0 Å². The first-order valence-corrected chi connectivity index (χ1v) is 8.58. The van der Waals surface area contributed by atoms with Crippen molar-refractivity contribution < 1.29 is 4.74 Å². The lowest BCUT2D eigenvalue weighted by atomic mass is 9.86. The Morgan fingerprint density at radius 3 is 2.55 bits per heavy atom. The maximum Gasteiger partial charge on any atom is 0.109 e. The minimum atomic E-state index is -0.276. The second kappa shape index (κ2) is 8.00. The van der Waals surface area contributed by atoms with Gasteiger partial charge in [0.2, 0.25) is 0 Å².